The molecule has 7 nitrogen and oxygen atoms in total. The van der Waals surface area contributed by atoms with Crippen molar-refractivity contribution in [3.63, 3.8) is 0 Å². The fourth-order valence-electron chi connectivity index (χ4n) is 1.61. The SMILES string of the molecule is Cc1nnn(NC(=O)Cn2nc(C(F)(F)F)cc2C)c1C. The van der Waals surface area contributed by atoms with Crippen molar-refractivity contribution in [2.24, 2.45) is 0 Å². The van der Waals surface area contributed by atoms with Crippen LogP contribution in [0.3, 0.4) is 0 Å². The predicted octanol–water partition coefficient (Wildman–Crippen LogP) is 1.19. The van der Waals surface area contributed by atoms with Gasteiger partial charge in [0.05, 0.1) is 11.4 Å². The van der Waals surface area contributed by atoms with Crippen molar-refractivity contribution in [3.8, 4) is 0 Å². The van der Waals surface area contributed by atoms with E-state index in [9.17, 15) is 18.0 Å². The zero-order valence-corrected chi connectivity index (χ0v) is 11.6. The number of nitrogens with one attached hydrogen (secondary N) is 1. The second kappa shape index (κ2) is 5.19. The number of nitrogens with zero attached hydrogens (tertiary/aromatic N) is 5. The molecule has 0 aliphatic heterocycles. The van der Waals surface area contributed by atoms with Crippen LogP contribution in [0.4, 0.5) is 13.2 Å². The van der Waals surface area contributed by atoms with Crippen LogP contribution in [-0.4, -0.2) is 30.8 Å². The molecule has 1 N–H and O–H groups in total. The molecule has 0 bridgehead atoms. The highest BCUT2D eigenvalue weighted by molar-refractivity contribution is 5.83. The molecule has 0 unspecified atom stereocenters. The number of alkyl halides is 3. The molecule has 21 heavy (non-hydrogen) atoms. The number of carbonyl (C=O) groups excluding carboxylic acids is 1. The third-order valence-electron chi connectivity index (χ3n) is 2.92. The summed E-state index contributed by atoms with van der Waals surface area (Å²) in [5, 5.41) is 10.8. The average molecular weight is 302 g/mol. The molecule has 0 radical (unpaired) electrons. The molecule has 1 amide bonds. The maximum absolute atomic E-state index is 12.5. The van der Waals surface area contributed by atoms with E-state index >= 15 is 0 Å². The average Bonchev–Trinajstić information content (AvgIpc) is 2.87. The molecule has 114 valence electrons. The molecule has 0 atom stereocenters. The number of amides is 1. The summed E-state index contributed by atoms with van der Waals surface area (Å²) in [6.07, 6.45) is -4.54. The molecule has 0 aliphatic carbocycles. The Balaban J connectivity index is 2.10. The maximum Gasteiger partial charge on any atom is 0.435 e. The van der Waals surface area contributed by atoms with E-state index in [1.54, 1.807) is 13.8 Å². The minimum atomic E-state index is -4.54. The molecule has 2 heterocycles. The van der Waals surface area contributed by atoms with Crippen LogP contribution < -0.4 is 5.43 Å². The smallest absolute Gasteiger partial charge is 0.271 e. The molecular weight excluding hydrogens is 289 g/mol. The van der Waals surface area contributed by atoms with E-state index in [2.05, 4.69) is 20.8 Å². The molecule has 10 heteroatoms. The van der Waals surface area contributed by atoms with Crippen LogP contribution in [0.15, 0.2) is 6.07 Å². The minimum absolute atomic E-state index is 0.240. The van der Waals surface area contributed by atoms with E-state index in [0.717, 1.165) is 10.7 Å². The Labute approximate surface area is 117 Å². The van der Waals surface area contributed by atoms with Crippen LogP contribution in [0.2, 0.25) is 0 Å². The van der Waals surface area contributed by atoms with Gasteiger partial charge in [-0.15, -0.1) is 5.10 Å². The summed E-state index contributed by atoms with van der Waals surface area (Å²) >= 11 is 0. The van der Waals surface area contributed by atoms with E-state index < -0.39 is 17.8 Å². The van der Waals surface area contributed by atoms with Gasteiger partial charge in [-0.2, -0.15) is 23.1 Å². The molecule has 0 saturated carbocycles. The third-order valence-corrected chi connectivity index (χ3v) is 2.92. The minimum Gasteiger partial charge on any atom is -0.271 e. The van der Waals surface area contributed by atoms with Gasteiger partial charge in [0.25, 0.3) is 5.91 Å². The first-order valence-electron chi connectivity index (χ1n) is 5.99. The highest BCUT2D eigenvalue weighted by Gasteiger charge is 2.34. The quantitative estimate of drug-likeness (QED) is 0.924. The van der Waals surface area contributed by atoms with Crippen LogP contribution in [0, 0.1) is 20.8 Å². The molecule has 0 aromatic carbocycles. The lowest BCUT2D eigenvalue weighted by Crippen LogP contribution is -2.29. The number of rotatable bonds is 3. The molecule has 2 rings (SSSR count). The molecule has 0 spiro atoms. The number of aryl methyl sites for hydroxylation is 2. The van der Waals surface area contributed by atoms with Gasteiger partial charge in [-0.05, 0) is 32.1 Å². The highest BCUT2D eigenvalue weighted by atomic mass is 19.4. The van der Waals surface area contributed by atoms with Crippen molar-refractivity contribution in [2.75, 3.05) is 5.43 Å². The largest absolute Gasteiger partial charge is 0.435 e. The topological polar surface area (TPSA) is 77.6 Å². The Morgan fingerprint density at radius 3 is 2.48 bits per heavy atom. The summed E-state index contributed by atoms with van der Waals surface area (Å²) in [6, 6.07) is 0.887. The van der Waals surface area contributed by atoms with Crippen molar-refractivity contribution in [1.82, 2.24) is 24.9 Å². The lowest BCUT2D eigenvalue weighted by atomic mass is 10.3. The Kier molecular flexibility index (Phi) is 3.71. The van der Waals surface area contributed by atoms with Crippen molar-refractivity contribution in [2.45, 2.75) is 33.5 Å². The number of aromatic nitrogens is 5. The van der Waals surface area contributed by atoms with E-state index in [4.69, 9.17) is 0 Å². The van der Waals surface area contributed by atoms with Crippen LogP contribution in [-0.2, 0) is 17.5 Å². The Morgan fingerprint density at radius 2 is 2.00 bits per heavy atom. The first-order valence-corrected chi connectivity index (χ1v) is 5.99. The van der Waals surface area contributed by atoms with Gasteiger partial charge in [0, 0.05) is 5.69 Å². The number of hydrogen-bond donors (Lipinski definition) is 1. The fourth-order valence-corrected chi connectivity index (χ4v) is 1.61. The Morgan fingerprint density at radius 1 is 1.33 bits per heavy atom. The fraction of sp³-hybridized carbons (Fsp3) is 0.455. The van der Waals surface area contributed by atoms with Gasteiger partial charge in [0.1, 0.15) is 6.54 Å². The standard InChI is InChI=1S/C11H13F3N6O/c1-6-4-9(11(12,13)14)16-19(6)5-10(21)17-20-8(3)7(2)15-18-20/h4H,5H2,1-3H3,(H,17,21). The van der Waals surface area contributed by atoms with Crippen LogP contribution in [0.25, 0.3) is 0 Å². The Bertz CT molecular complexity index is 672. The van der Waals surface area contributed by atoms with Crippen LogP contribution in [0.1, 0.15) is 22.8 Å². The van der Waals surface area contributed by atoms with Crippen molar-refractivity contribution in [1.29, 1.82) is 0 Å². The molecule has 0 aliphatic rings. The molecule has 2 aromatic heterocycles. The Hall–Kier alpha value is -2.39. The normalized spacial score (nSPS) is 11.7. The molecular formula is C11H13F3N6O. The van der Waals surface area contributed by atoms with Gasteiger partial charge in [0.2, 0.25) is 0 Å². The van der Waals surface area contributed by atoms with E-state index in [1.807, 2.05) is 0 Å². The monoisotopic (exact) mass is 302 g/mol. The lowest BCUT2D eigenvalue weighted by molar-refractivity contribution is -0.141. The summed E-state index contributed by atoms with van der Waals surface area (Å²) in [6.45, 7) is 4.52. The molecule has 0 saturated heterocycles. The molecule has 2 aromatic rings. The summed E-state index contributed by atoms with van der Waals surface area (Å²) in [5.74, 6) is -0.553. The molecule has 0 fully saturated rings. The second-order valence-corrected chi connectivity index (χ2v) is 4.53. The van der Waals surface area contributed by atoms with Crippen molar-refractivity contribution >= 4 is 5.91 Å². The summed E-state index contributed by atoms with van der Waals surface area (Å²) in [4.78, 5) is 13.0. The number of hydrogen-bond acceptors (Lipinski definition) is 4. The zero-order chi connectivity index (χ0) is 15.8. The number of carbonyl (C=O) groups is 1. The van der Waals surface area contributed by atoms with E-state index in [1.165, 1.54) is 11.7 Å². The first kappa shape index (κ1) is 15.0. The second-order valence-electron chi connectivity index (χ2n) is 4.53. The van der Waals surface area contributed by atoms with Gasteiger partial charge >= 0.3 is 6.18 Å². The van der Waals surface area contributed by atoms with Gasteiger partial charge < -0.3 is 0 Å². The van der Waals surface area contributed by atoms with E-state index in [-0.39, 0.29) is 12.2 Å². The zero-order valence-electron chi connectivity index (χ0n) is 11.6. The van der Waals surface area contributed by atoms with Gasteiger partial charge in [-0.3, -0.25) is 9.48 Å². The van der Waals surface area contributed by atoms with Crippen molar-refractivity contribution < 1.29 is 18.0 Å². The van der Waals surface area contributed by atoms with Crippen molar-refractivity contribution in [3.05, 3.63) is 28.8 Å². The van der Waals surface area contributed by atoms with Gasteiger partial charge in [-0.25, -0.2) is 5.43 Å². The lowest BCUT2D eigenvalue weighted by Gasteiger charge is -2.07. The van der Waals surface area contributed by atoms with Crippen LogP contribution in [0.5, 0.6) is 0 Å². The van der Waals surface area contributed by atoms with Gasteiger partial charge in [0.15, 0.2) is 5.69 Å². The van der Waals surface area contributed by atoms with Crippen LogP contribution >= 0.6 is 0 Å². The summed E-state index contributed by atoms with van der Waals surface area (Å²) in [5.41, 5.74) is 2.91. The maximum atomic E-state index is 12.5. The third kappa shape index (κ3) is 3.20. The first-order chi connectivity index (χ1) is 9.68. The van der Waals surface area contributed by atoms with E-state index in [0.29, 0.717) is 11.4 Å². The highest BCUT2D eigenvalue weighted by Crippen LogP contribution is 2.28. The summed E-state index contributed by atoms with van der Waals surface area (Å²) in [7, 11) is 0. The van der Waals surface area contributed by atoms with Gasteiger partial charge in [-0.1, -0.05) is 0 Å². The number of halogens is 3. The summed E-state index contributed by atoms with van der Waals surface area (Å²) < 4.78 is 38.6. The predicted molar refractivity (Wildman–Crippen MR) is 65.8 cm³/mol.